The van der Waals surface area contributed by atoms with Gasteiger partial charge in [0.25, 0.3) is 0 Å². The topological polar surface area (TPSA) is 86.7 Å². The van der Waals surface area contributed by atoms with Gasteiger partial charge in [-0.25, -0.2) is 0 Å². The van der Waals surface area contributed by atoms with Crippen LogP contribution < -0.4 is 4.74 Å². The molecule has 5 rings (SSSR count). The second-order valence-electron chi connectivity index (χ2n) is 12.1. The highest BCUT2D eigenvalue weighted by Crippen LogP contribution is 2.38. The molecule has 2 aromatic carbocycles. The van der Waals surface area contributed by atoms with Crippen LogP contribution in [-0.2, 0) is 45.0 Å². The first-order valence-corrected chi connectivity index (χ1v) is 14.1. The fourth-order valence-corrected chi connectivity index (χ4v) is 5.88. The standard InChI is InChI=1S/C34H36O6/c1-34(2,3)40-32(37)17-21-7-9-23-10-8-22(16-25(23)15-21)20-39-31-6-4-5-28-29(31)19-26(33(28)38)18-24-11-12-27(35)13-14-30(24)36/h4-8,10,13-14,16,24,26H,9,11-12,15,17-20H2,1-3H3. The fraction of sp³-hybridized carbons (Fsp3) is 0.412. The zero-order valence-electron chi connectivity index (χ0n) is 23.5. The summed E-state index contributed by atoms with van der Waals surface area (Å²) in [4.78, 5) is 49.7. The number of carbonyl (C=O) groups is 4. The molecule has 0 aliphatic heterocycles. The van der Waals surface area contributed by atoms with Gasteiger partial charge in [0.05, 0.1) is 6.42 Å². The predicted octanol–water partition coefficient (Wildman–Crippen LogP) is 5.87. The minimum Gasteiger partial charge on any atom is -0.489 e. The van der Waals surface area contributed by atoms with Crippen molar-refractivity contribution in [2.75, 3.05) is 0 Å². The van der Waals surface area contributed by atoms with Crippen molar-refractivity contribution in [2.24, 2.45) is 11.8 Å². The maximum absolute atomic E-state index is 13.2. The van der Waals surface area contributed by atoms with Crippen molar-refractivity contribution in [3.8, 4) is 5.75 Å². The molecule has 0 fully saturated rings. The van der Waals surface area contributed by atoms with Crippen molar-refractivity contribution in [1.82, 2.24) is 0 Å². The minimum absolute atomic E-state index is 0.0370. The van der Waals surface area contributed by atoms with E-state index >= 15 is 0 Å². The van der Waals surface area contributed by atoms with Crippen LogP contribution in [0.15, 0.2) is 60.2 Å². The van der Waals surface area contributed by atoms with Crippen molar-refractivity contribution in [3.05, 3.63) is 88.0 Å². The van der Waals surface area contributed by atoms with Crippen molar-refractivity contribution in [3.63, 3.8) is 0 Å². The van der Waals surface area contributed by atoms with Crippen LogP contribution >= 0.6 is 0 Å². The van der Waals surface area contributed by atoms with E-state index in [-0.39, 0.29) is 35.2 Å². The fourth-order valence-electron chi connectivity index (χ4n) is 5.88. The summed E-state index contributed by atoms with van der Waals surface area (Å²) in [6.07, 6.45) is 8.46. The average Bonchev–Trinajstić information content (AvgIpc) is 3.13. The number of rotatable bonds is 7. The summed E-state index contributed by atoms with van der Waals surface area (Å²) in [6, 6.07) is 11.9. The van der Waals surface area contributed by atoms with Gasteiger partial charge in [-0.1, -0.05) is 42.0 Å². The van der Waals surface area contributed by atoms with Gasteiger partial charge in [-0.15, -0.1) is 0 Å². The van der Waals surface area contributed by atoms with Crippen LogP contribution in [0.25, 0.3) is 0 Å². The molecule has 0 saturated heterocycles. The first-order valence-electron chi connectivity index (χ1n) is 14.1. The smallest absolute Gasteiger partial charge is 0.310 e. The molecule has 0 aromatic heterocycles. The molecule has 2 aromatic rings. The summed E-state index contributed by atoms with van der Waals surface area (Å²) in [7, 11) is 0. The SMILES string of the molecule is CC(C)(C)OC(=O)CC1=CCc2ccc(COc3cccc4c3CC(CC3CCC(=O)C=CC3=O)C4=O)cc2C1. The van der Waals surface area contributed by atoms with Crippen LogP contribution in [0.3, 0.4) is 0 Å². The average molecular weight is 541 g/mol. The third kappa shape index (κ3) is 6.49. The molecular weight excluding hydrogens is 504 g/mol. The molecule has 0 amide bonds. The lowest BCUT2D eigenvalue weighted by molar-refractivity contribution is -0.154. The van der Waals surface area contributed by atoms with E-state index in [0.717, 1.165) is 23.1 Å². The Morgan fingerprint density at radius 1 is 1.00 bits per heavy atom. The summed E-state index contributed by atoms with van der Waals surface area (Å²) >= 11 is 0. The molecule has 0 spiro atoms. The molecule has 3 aliphatic rings. The number of fused-ring (bicyclic) bond motifs is 2. The Labute approximate surface area is 235 Å². The third-order valence-corrected chi connectivity index (χ3v) is 7.85. The minimum atomic E-state index is -0.499. The first kappa shape index (κ1) is 27.8. The van der Waals surface area contributed by atoms with Gasteiger partial charge in [-0.2, -0.15) is 0 Å². The summed E-state index contributed by atoms with van der Waals surface area (Å²) in [5.41, 5.74) is 5.59. The number of ketones is 3. The highest BCUT2D eigenvalue weighted by molar-refractivity contribution is 6.04. The lowest BCUT2D eigenvalue weighted by atomic mass is 9.86. The van der Waals surface area contributed by atoms with Crippen molar-refractivity contribution >= 4 is 23.3 Å². The monoisotopic (exact) mass is 540 g/mol. The van der Waals surface area contributed by atoms with E-state index in [9.17, 15) is 19.2 Å². The molecule has 0 bridgehead atoms. The van der Waals surface area contributed by atoms with Crippen LogP contribution in [0, 0.1) is 11.8 Å². The van der Waals surface area contributed by atoms with Crippen LogP contribution in [-0.4, -0.2) is 28.9 Å². The van der Waals surface area contributed by atoms with E-state index in [1.807, 2.05) is 39.0 Å². The quantitative estimate of drug-likeness (QED) is 0.322. The van der Waals surface area contributed by atoms with Crippen LogP contribution in [0.2, 0.25) is 0 Å². The van der Waals surface area contributed by atoms with Gasteiger partial charge >= 0.3 is 5.97 Å². The zero-order chi connectivity index (χ0) is 28.4. The van der Waals surface area contributed by atoms with E-state index in [1.165, 1.54) is 23.3 Å². The summed E-state index contributed by atoms with van der Waals surface area (Å²) < 4.78 is 11.7. The number of Topliss-reactive ketones (excluding diaryl/α,β-unsaturated/α-hetero) is 1. The molecular formula is C34H36O6. The molecule has 0 heterocycles. The lowest BCUT2D eigenvalue weighted by Crippen LogP contribution is -2.24. The van der Waals surface area contributed by atoms with Gasteiger partial charge in [0.2, 0.25) is 0 Å². The van der Waals surface area contributed by atoms with E-state index in [2.05, 4.69) is 24.3 Å². The largest absolute Gasteiger partial charge is 0.489 e. The van der Waals surface area contributed by atoms with E-state index in [0.29, 0.717) is 56.4 Å². The second kappa shape index (κ2) is 11.4. The molecule has 208 valence electrons. The molecule has 40 heavy (non-hydrogen) atoms. The van der Waals surface area contributed by atoms with Crippen molar-refractivity contribution < 1.29 is 28.7 Å². The molecule has 0 saturated carbocycles. The molecule has 0 radical (unpaired) electrons. The normalized spacial score (nSPS) is 20.5. The number of esters is 1. The molecule has 0 N–H and O–H groups in total. The van der Waals surface area contributed by atoms with Gasteiger partial charge in [0, 0.05) is 29.4 Å². The summed E-state index contributed by atoms with van der Waals surface area (Å²) in [6.45, 7) is 5.99. The van der Waals surface area contributed by atoms with E-state index in [4.69, 9.17) is 9.47 Å². The number of benzene rings is 2. The molecule has 2 unspecified atom stereocenters. The summed E-state index contributed by atoms with van der Waals surface area (Å²) in [5, 5.41) is 0. The predicted molar refractivity (Wildman–Crippen MR) is 151 cm³/mol. The Morgan fingerprint density at radius 2 is 1.82 bits per heavy atom. The van der Waals surface area contributed by atoms with Crippen LogP contribution in [0.4, 0.5) is 0 Å². The second-order valence-corrected chi connectivity index (χ2v) is 12.1. The number of hydrogen-bond acceptors (Lipinski definition) is 6. The van der Waals surface area contributed by atoms with E-state index in [1.54, 1.807) is 0 Å². The van der Waals surface area contributed by atoms with Gasteiger partial charge in [0.1, 0.15) is 18.0 Å². The van der Waals surface area contributed by atoms with Gasteiger partial charge in [-0.3, -0.25) is 19.2 Å². The Kier molecular flexibility index (Phi) is 7.88. The Balaban J connectivity index is 1.22. The maximum atomic E-state index is 13.2. The Bertz CT molecular complexity index is 1420. The summed E-state index contributed by atoms with van der Waals surface area (Å²) in [5.74, 6) is -0.160. The van der Waals surface area contributed by atoms with Gasteiger partial charge < -0.3 is 9.47 Å². The van der Waals surface area contributed by atoms with Crippen molar-refractivity contribution in [1.29, 1.82) is 0 Å². The van der Waals surface area contributed by atoms with Gasteiger partial charge in [0.15, 0.2) is 17.3 Å². The number of ether oxygens (including phenoxy) is 2. The third-order valence-electron chi connectivity index (χ3n) is 7.85. The van der Waals surface area contributed by atoms with Crippen LogP contribution in [0.5, 0.6) is 5.75 Å². The van der Waals surface area contributed by atoms with E-state index < -0.39 is 5.60 Å². The van der Waals surface area contributed by atoms with Crippen molar-refractivity contribution in [2.45, 2.75) is 77.9 Å². The molecule has 3 aliphatic carbocycles. The number of allylic oxidation sites excluding steroid dienone is 3. The molecule has 6 heteroatoms. The Hall–Kier alpha value is -3.80. The lowest BCUT2D eigenvalue weighted by Gasteiger charge is -2.22. The first-order chi connectivity index (χ1) is 19.1. The maximum Gasteiger partial charge on any atom is 0.310 e. The zero-order valence-corrected chi connectivity index (χ0v) is 23.5. The number of carbonyl (C=O) groups excluding carboxylic acids is 4. The molecule has 6 nitrogen and oxygen atoms in total. The highest BCUT2D eigenvalue weighted by atomic mass is 16.6. The van der Waals surface area contributed by atoms with Crippen LogP contribution in [0.1, 0.15) is 79.1 Å². The Morgan fingerprint density at radius 3 is 2.62 bits per heavy atom. The molecule has 2 atom stereocenters. The highest BCUT2D eigenvalue weighted by Gasteiger charge is 2.36. The van der Waals surface area contributed by atoms with Gasteiger partial charge in [-0.05, 0) is 87.8 Å². The number of hydrogen-bond donors (Lipinski definition) is 0.